The Labute approximate surface area is 127 Å². The van der Waals surface area contributed by atoms with Gasteiger partial charge >= 0.3 is 5.97 Å². The molecule has 0 atom stereocenters. The summed E-state index contributed by atoms with van der Waals surface area (Å²) in [5, 5.41) is 0.572. The Hall–Kier alpha value is -2.39. The maximum absolute atomic E-state index is 11.9. The van der Waals surface area contributed by atoms with Crippen LogP contribution in [0.5, 0.6) is 0 Å². The maximum atomic E-state index is 11.9. The average molecular weight is 298 g/mol. The molecule has 104 valence electrons. The van der Waals surface area contributed by atoms with Crippen molar-refractivity contribution in [3.05, 3.63) is 75.9 Å². The molecule has 3 nitrogen and oxygen atoms in total. The zero-order valence-electron chi connectivity index (χ0n) is 11.3. The lowest BCUT2D eigenvalue weighted by molar-refractivity contribution is -0.129. The number of halogens is 1. The van der Waals surface area contributed by atoms with E-state index in [1.807, 2.05) is 31.2 Å². The van der Waals surface area contributed by atoms with E-state index in [2.05, 4.69) is 4.99 Å². The van der Waals surface area contributed by atoms with Crippen molar-refractivity contribution in [3.8, 4) is 0 Å². The number of esters is 1. The monoisotopic (exact) mass is 297 g/mol. The molecule has 0 amide bonds. The topological polar surface area (TPSA) is 38.7 Å². The minimum absolute atomic E-state index is 0.280. The van der Waals surface area contributed by atoms with Crippen molar-refractivity contribution < 1.29 is 9.53 Å². The molecule has 21 heavy (non-hydrogen) atoms. The van der Waals surface area contributed by atoms with Crippen LogP contribution in [0.15, 0.2) is 59.2 Å². The predicted octanol–water partition coefficient (Wildman–Crippen LogP) is 3.99. The van der Waals surface area contributed by atoms with Crippen molar-refractivity contribution in [2.45, 2.75) is 6.92 Å². The second-order valence-electron chi connectivity index (χ2n) is 4.70. The summed E-state index contributed by atoms with van der Waals surface area (Å²) in [6.45, 7) is 1.98. The van der Waals surface area contributed by atoms with Crippen molar-refractivity contribution in [1.29, 1.82) is 0 Å². The molecule has 3 rings (SSSR count). The number of carbonyl (C=O) groups is 1. The maximum Gasteiger partial charge on any atom is 0.363 e. The number of aliphatic imine (C=N–C) groups is 1. The van der Waals surface area contributed by atoms with Gasteiger partial charge < -0.3 is 4.74 Å². The number of aryl methyl sites for hydroxylation is 1. The molecule has 0 saturated heterocycles. The van der Waals surface area contributed by atoms with Gasteiger partial charge in [-0.3, -0.25) is 0 Å². The molecular weight excluding hydrogens is 286 g/mol. The molecule has 0 N–H and O–H groups in total. The minimum Gasteiger partial charge on any atom is -0.402 e. The summed E-state index contributed by atoms with van der Waals surface area (Å²) in [5.74, 6) is -0.171. The van der Waals surface area contributed by atoms with E-state index < -0.39 is 5.97 Å². The first-order valence-corrected chi connectivity index (χ1v) is 6.85. The normalized spacial score (nSPS) is 16.0. The molecular formula is C17H12ClNO2. The molecule has 4 heteroatoms. The first-order valence-electron chi connectivity index (χ1n) is 6.47. The molecule has 2 aromatic rings. The lowest BCUT2D eigenvalue weighted by Gasteiger charge is -1.99. The Balaban J connectivity index is 1.98. The highest BCUT2D eigenvalue weighted by molar-refractivity contribution is 6.31. The van der Waals surface area contributed by atoms with E-state index in [-0.39, 0.29) is 5.90 Å². The van der Waals surface area contributed by atoms with Gasteiger partial charge in [-0.25, -0.2) is 9.79 Å². The Kier molecular flexibility index (Phi) is 3.59. The van der Waals surface area contributed by atoms with Gasteiger partial charge in [0.2, 0.25) is 5.90 Å². The second kappa shape index (κ2) is 5.54. The largest absolute Gasteiger partial charge is 0.402 e. The van der Waals surface area contributed by atoms with Gasteiger partial charge in [0.15, 0.2) is 5.70 Å². The summed E-state index contributed by atoms with van der Waals surface area (Å²) >= 11 is 5.94. The van der Waals surface area contributed by atoms with Crippen molar-refractivity contribution in [1.82, 2.24) is 0 Å². The summed E-state index contributed by atoms with van der Waals surface area (Å²) in [7, 11) is 0. The lowest BCUT2D eigenvalue weighted by Crippen LogP contribution is -2.05. The quantitative estimate of drug-likeness (QED) is 0.621. The summed E-state index contributed by atoms with van der Waals surface area (Å²) in [5.41, 5.74) is 2.99. The molecule has 0 spiro atoms. The molecule has 1 aliphatic rings. The highest BCUT2D eigenvalue weighted by Gasteiger charge is 2.24. The van der Waals surface area contributed by atoms with Gasteiger partial charge in [-0.1, -0.05) is 41.9 Å². The summed E-state index contributed by atoms with van der Waals surface area (Å²) < 4.78 is 5.21. The number of cyclic esters (lactones) is 1. The highest BCUT2D eigenvalue weighted by Crippen LogP contribution is 2.21. The zero-order valence-corrected chi connectivity index (χ0v) is 12.1. The van der Waals surface area contributed by atoms with Crippen molar-refractivity contribution in [2.24, 2.45) is 4.99 Å². The van der Waals surface area contributed by atoms with Crippen LogP contribution in [0.25, 0.3) is 6.08 Å². The number of benzene rings is 2. The fourth-order valence-electron chi connectivity index (χ4n) is 2.05. The van der Waals surface area contributed by atoms with Crippen LogP contribution >= 0.6 is 11.6 Å². The number of hydrogen-bond acceptors (Lipinski definition) is 3. The van der Waals surface area contributed by atoms with E-state index in [0.29, 0.717) is 16.3 Å². The van der Waals surface area contributed by atoms with Crippen LogP contribution in [0.1, 0.15) is 16.7 Å². The Morgan fingerprint density at radius 3 is 2.71 bits per heavy atom. The molecule has 0 aromatic heterocycles. The van der Waals surface area contributed by atoms with E-state index in [4.69, 9.17) is 16.3 Å². The Bertz CT molecular complexity index is 778. The van der Waals surface area contributed by atoms with E-state index in [1.54, 1.807) is 30.3 Å². The van der Waals surface area contributed by atoms with E-state index in [1.165, 1.54) is 0 Å². The van der Waals surface area contributed by atoms with Gasteiger partial charge in [0.05, 0.1) is 0 Å². The van der Waals surface area contributed by atoms with Gasteiger partial charge in [-0.15, -0.1) is 0 Å². The molecule has 0 bridgehead atoms. The van der Waals surface area contributed by atoms with Crippen LogP contribution in [0.4, 0.5) is 0 Å². The molecule has 0 saturated carbocycles. The Morgan fingerprint density at radius 2 is 1.95 bits per heavy atom. The summed E-state index contributed by atoms with van der Waals surface area (Å²) in [4.78, 5) is 16.2. The van der Waals surface area contributed by atoms with Crippen LogP contribution in [-0.4, -0.2) is 11.9 Å². The molecule has 1 aliphatic heterocycles. The highest BCUT2D eigenvalue weighted by atomic mass is 35.5. The van der Waals surface area contributed by atoms with Gasteiger partial charge in [0, 0.05) is 10.6 Å². The van der Waals surface area contributed by atoms with Crippen LogP contribution in [0.3, 0.4) is 0 Å². The third kappa shape index (κ3) is 2.88. The van der Waals surface area contributed by atoms with Crippen LogP contribution in [-0.2, 0) is 9.53 Å². The molecule has 2 aromatic carbocycles. The molecule has 0 fully saturated rings. The van der Waals surface area contributed by atoms with Crippen LogP contribution in [0, 0.1) is 6.92 Å². The number of nitrogens with zero attached hydrogens (tertiary/aromatic N) is 1. The fourth-order valence-corrected chi connectivity index (χ4v) is 2.24. The molecule has 0 unspecified atom stereocenters. The second-order valence-corrected chi connectivity index (χ2v) is 5.14. The molecule has 0 aliphatic carbocycles. The van der Waals surface area contributed by atoms with Gasteiger partial charge in [-0.2, -0.15) is 0 Å². The Morgan fingerprint density at radius 1 is 1.14 bits per heavy atom. The van der Waals surface area contributed by atoms with E-state index in [9.17, 15) is 4.79 Å². The van der Waals surface area contributed by atoms with Gasteiger partial charge in [-0.05, 0) is 42.3 Å². The van der Waals surface area contributed by atoms with Crippen LogP contribution < -0.4 is 0 Å². The van der Waals surface area contributed by atoms with Gasteiger partial charge in [0.25, 0.3) is 0 Å². The SMILES string of the molecule is Cc1ccccc1/C=C1/N=C(c2cccc(Cl)c2)OC1=O. The van der Waals surface area contributed by atoms with Crippen molar-refractivity contribution >= 4 is 29.5 Å². The number of rotatable bonds is 2. The number of carbonyl (C=O) groups excluding carboxylic acids is 1. The third-order valence-electron chi connectivity index (χ3n) is 3.17. The zero-order chi connectivity index (χ0) is 14.8. The minimum atomic E-state index is -0.451. The van der Waals surface area contributed by atoms with Crippen molar-refractivity contribution in [3.63, 3.8) is 0 Å². The number of ether oxygens (including phenoxy) is 1. The first kappa shape index (κ1) is 13.6. The molecule has 0 radical (unpaired) electrons. The first-order chi connectivity index (χ1) is 10.1. The third-order valence-corrected chi connectivity index (χ3v) is 3.41. The molecule has 1 heterocycles. The summed E-state index contributed by atoms with van der Waals surface area (Å²) in [6, 6.07) is 14.8. The van der Waals surface area contributed by atoms with Crippen LogP contribution in [0.2, 0.25) is 5.02 Å². The standard InChI is InChI=1S/C17H12ClNO2/c1-11-5-2-3-6-12(11)10-15-17(20)21-16(19-15)13-7-4-8-14(18)9-13/h2-10H,1H3/b15-10+. The average Bonchev–Trinajstić information content (AvgIpc) is 2.83. The summed E-state index contributed by atoms with van der Waals surface area (Å²) in [6.07, 6.45) is 1.73. The van der Waals surface area contributed by atoms with Gasteiger partial charge in [0.1, 0.15) is 0 Å². The lowest BCUT2D eigenvalue weighted by atomic mass is 10.1. The number of hydrogen-bond donors (Lipinski definition) is 0. The van der Waals surface area contributed by atoms with E-state index >= 15 is 0 Å². The van der Waals surface area contributed by atoms with Crippen molar-refractivity contribution in [2.75, 3.05) is 0 Å². The predicted molar refractivity (Wildman–Crippen MR) is 83.2 cm³/mol. The smallest absolute Gasteiger partial charge is 0.363 e. The fraction of sp³-hybridized carbons (Fsp3) is 0.0588. The van der Waals surface area contributed by atoms with E-state index in [0.717, 1.165) is 11.1 Å².